The minimum atomic E-state index is 0.585. The van der Waals surface area contributed by atoms with Crippen molar-refractivity contribution in [3.63, 3.8) is 0 Å². The summed E-state index contributed by atoms with van der Waals surface area (Å²) in [6.07, 6.45) is 7.26. The molecule has 1 atom stereocenters. The van der Waals surface area contributed by atoms with Crippen LogP contribution in [0.2, 0.25) is 0 Å². The highest BCUT2D eigenvalue weighted by molar-refractivity contribution is 4.95. The van der Waals surface area contributed by atoms with Crippen molar-refractivity contribution < 1.29 is 8.83 Å². The van der Waals surface area contributed by atoms with Crippen molar-refractivity contribution in [2.45, 2.75) is 52.2 Å². The molecule has 126 valence electrons. The van der Waals surface area contributed by atoms with Crippen LogP contribution in [-0.4, -0.2) is 45.9 Å². The molecule has 1 aliphatic heterocycles. The molecule has 1 fully saturated rings. The van der Waals surface area contributed by atoms with Crippen molar-refractivity contribution in [3.05, 3.63) is 35.7 Å². The smallest absolute Gasteiger partial charge is 0.191 e. The number of aromatic nitrogens is 2. The number of oxazole rings is 2. The summed E-state index contributed by atoms with van der Waals surface area (Å²) in [4.78, 5) is 13.2. The number of hydrogen-bond donors (Lipinski definition) is 0. The maximum atomic E-state index is 5.60. The Bertz CT molecular complexity index is 622. The fourth-order valence-corrected chi connectivity index (χ4v) is 3.29. The van der Waals surface area contributed by atoms with Gasteiger partial charge in [0.1, 0.15) is 11.5 Å². The Kier molecular flexibility index (Phi) is 5.13. The Labute approximate surface area is 137 Å². The monoisotopic (exact) mass is 318 g/mol. The van der Waals surface area contributed by atoms with Crippen molar-refractivity contribution in [1.29, 1.82) is 0 Å². The molecule has 3 heterocycles. The zero-order chi connectivity index (χ0) is 16.2. The van der Waals surface area contributed by atoms with Crippen molar-refractivity contribution >= 4 is 0 Å². The van der Waals surface area contributed by atoms with E-state index in [0.717, 1.165) is 55.9 Å². The van der Waals surface area contributed by atoms with Gasteiger partial charge in [-0.2, -0.15) is 0 Å². The second-order valence-corrected chi connectivity index (χ2v) is 6.47. The van der Waals surface area contributed by atoms with Gasteiger partial charge in [-0.15, -0.1) is 0 Å². The summed E-state index contributed by atoms with van der Waals surface area (Å²) in [6, 6.07) is 0.585. The molecule has 3 rings (SSSR count). The van der Waals surface area contributed by atoms with Crippen LogP contribution in [0.15, 0.2) is 21.2 Å². The van der Waals surface area contributed by atoms with E-state index < -0.39 is 0 Å². The number of nitrogens with zero attached hydrogens (tertiary/aromatic N) is 4. The molecule has 2 aromatic heterocycles. The number of likely N-dealkylation sites (tertiary alicyclic amines) is 1. The first-order valence-electron chi connectivity index (χ1n) is 8.35. The van der Waals surface area contributed by atoms with Crippen molar-refractivity contribution in [2.75, 3.05) is 20.1 Å². The van der Waals surface area contributed by atoms with E-state index in [1.54, 1.807) is 0 Å². The maximum absolute atomic E-state index is 5.60. The van der Waals surface area contributed by atoms with Gasteiger partial charge in [-0.25, -0.2) is 9.97 Å². The SMILES string of the molecule is Cc1ncc(CN2CCCC(N(C)Cc3cnc(C)o3)CC2)o1. The van der Waals surface area contributed by atoms with Gasteiger partial charge >= 0.3 is 0 Å². The third kappa shape index (κ3) is 4.42. The predicted molar refractivity (Wildman–Crippen MR) is 86.9 cm³/mol. The molecule has 0 saturated carbocycles. The Balaban J connectivity index is 1.51. The lowest BCUT2D eigenvalue weighted by molar-refractivity contribution is 0.190. The van der Waals surface area contributed by atoms with Crippen LogP contribution < -0.4 is 0 Å². The van der Waals surface area contributed by atoms with Gasteiger partial charge in [0, 0.05) is 26.4 Å². The summed E-state index contributed by atoms with van der Waals surface area (Å²) in [5, 5.41) is 0. The molecule has 0 bridgehead atoms. The van der Waals surface area contributed by atoms with Gasteiger partial charge in [-0.1, -0.05) is 0 Å². The van der Waals surface area contributed by atoms with Crippen LogP contribution >= 0.6 is 0 Å². The average molecular weight is 318 g/mol. The highest BCUT2D eigenvalue weighted by atomic mass is 16.4. The van der Waals surface area contributed by atoms with E-state index in [9.17, 15) is 0 Å². The summed E-state index contributed by atoms with van der Waals surface area (Å²) >= 11 is 0. The van der Waals surface area contributed by atoms with E-state index in [1.165, 1.54) is 12.8 Å². The van der Waals surface area contributed by atoms with Crippen LogP contribution in [0.4, 0.5) is 0 Å². The Morgan fingerprint density at radius 3 is 2.43 bits per heavy atom. The highest BCUT2D eigenvalue weighted by Crippen LogP contribution is 2.19. The van der Waals surface area contributed by atoms with Gasteiger partial charge in [0.05, 0.1) is 25.5 Å². The van der Waals surface area contributed by atoms with Gasteiger partial charge in [0.25, 0.3) is 0 Å². The summed E-state index contributed by atoms with van der Waals surface area (Å²) in [5.74, 6) is 3.40. The van der Waals surface area contributed by atoms with Gasteiger partial charge in [0.15, 0.2) is 11.8 Å². The zero-order valence-electron chi connectivity index (χ0n) is 14.3. The maximum Gasteiger partial charge on any atom is 0.191 e. The van der Waals surface area contributed by atoms with Gasteiger partial charge < -0.3 is 8.83 Å². The highest BCUT2D eigenvalue weighted by Gasteiger charge is 2.22. The Morgan fingerprint density at radius 2 is 1.78 bits per heavy atom. The van der Waals surface area contributed by atoms with Crippen LogP contribution in [0.5, 0.6) is 0 Å². The van der Waals surface area contributed by atoms with Gasteiger partial charge in [-0.3, -0.25) is 9.80 Å². The molecule has 6 nitrogen and oxygen atoms in total. The Morgan fingerprint density at radius 1 is 1.09 bits per heavy atom. The molecule has 2 aromatic rings. The fraction of sp³-hybridized carbons (Fsp3) is 0.647. The lowest BCUT2D eigenvalue weighted by Gasteiger charge is -2.26. The third-order valence-corrected chi connectivity index (χ3v) is 4.54. The lowest BCUT2D eigenvalue weighted by Crippen LogP contribution is -2.32. The van der Waals surface area contributed by atoms with Gasteiger partial charge in [0.2, 0.25) is 0 Å². The van der Waals surface area contributed by atoms with E-state index in [-0.39, 0.29) is 0 Å². The summed E-state index contributed by atoms with van der Waals surface area (Å²) in [5.41, 5.74) is 0. The number of rotatable bonds is 5. The molecule has 0 aromatic carbocycles. The van der Waals surface area contributed by atoms with E-state index in [4.69, 9.17) is 8.83 Å². The minimum Gasteiger partial charge on any atom is -0.445 e. The molecular weight excluding hydrogens is 292 g/mol. The topological polar surface area (TPSA) is 58.5 Å². The molecule has 0 N–H and O–H groups in total. The largest absolute Gasteiger partial charge is 0.445 e. The van der Waals surface area contributed by atoms with Crippen LogP contribution in [0.1, 0.15) is 42.6 Å². The van der Waals surface area contributed by atoms with Crippen molar-refractivity contribution in [3.8, 4) is 0 Å². The van der Waals surface area contributed by atoms with Crippen LogP contribution in [-0.2, 0) is 13.1 Å². The molecule has 0 radical (unpaired) electrons. The first kappa shape index (κ1) is 16.2. The molecule has 23 heavy (non-hydrogen) atoms. The van der Waals surface area contributed by atoms with E-state index in [2.05, 4.69) is 26.8 Å². The summed E-state index contributed by atoms with van der Waals surface area (Å²) < 4.78 is 11.2. The molecule has 1 saturated heterocycles. The quantitative estimate of drug-likeness (QED) is 0.845. The molecule has 0 amide bonds. The summed E-state index contributed by atoms with van der Waals surface area (Å²) in [7, 11) is 2.18. The fourth-order valence-electron chi connectivity index (χ4n) is 3.29. The molecule has 6 heteroatoms. The molecular formula is C17H26N4O2. The van der Waals surface area contributed by atoms with Crippen LogP contribution in [0, 0.1) is 13.8 Å². The molecule has 1 aliphatic rings. The van der Waals surface area contributed by atoms with Crippen molar-refractivity contribution in [1.82, 2.24) is 19.8 Å². The average Bonchev–Trinajstić information content (AvgIpc) is 3.02. The predicted octanol–water partition coefficient (Wildman–Crippen LogP) is 2.77. The third-order valence-electron chi connectivity index (χ3n) is 4.54. The van der Waals surface area contributed by atoms with E-state index in [1.807, 2.05) is 26.2 Å². The first-order valence-corrected chi connectivity index (χ1v) is 8.35. The van der Waals surface area contributed by atoms with Crippen LogP contribution in [0.25, 0.3) is 0 Å². The molecule has 1 unspecified atom stereocenters. The second-order valence-electron chi connectivity index (χ2n) is 6.47. The second kappa shape index (κ2) is 7.27. The van der Waals surface area contributed by atoms with E-state index >= 15 is 0 Å². The summed E-state index contributed by atoms with van der Waals surface area (Å²) in [6.45, 7) is 7.67. The Hall–Kier alpha value is -1.66. The number of aryl methyl sites for hydroxylation is 2. The van der Waals surface area contributed by atoms with E-state index in [0.29, 0.717) is 6.04 Å². The van der Waals surface area contributed by atoms with Crippen LogP contribution in [0.3, 0.4) is 0 Å². The standard InChI is InChI=1S/C17H26N4O2/c1-13-18-9-16(22-13)11-20(3)15-5-4-7-21(8-6-15)12-17-10-19-14(2)23-17/h9-10,15H,4-8,11-12H2,1-3H3. The minimum absolute atomic E-state index is 0.585. The number of hydrogen-bond acceptors (Lipinski definition) is 6. The first-order chi connectivity index (χ1) is 11.1. The molecule has 0 spiro atoms. The normalized spacial score (nSPS) is 20.1. The van der Waals surface area contributed by atoms with Gasteiger partial charge in [-0.05, 0) is 32.9 Å². The van der Waals surface area contributed by atoms with Crippen molar-refractivity contribution in [2.24, 2.45) is 0 Å². The zero-order valence-corrected chi connectivity index (χ0v) is 14.3. The molecule has 0 aliphatic carbocycles. The lowest BCUT2D eigenvalue weighted by atomic mass is 10.1.